The number of aryl methyl sites for hydroxylation is 4. The number of hydrogen-bond acceptors (Lipinski definition) is 17. The highest BCUT2D eigenvalue weighted by molar-refractivity contribution is 6.35. The van der Waals surface area contributed by atoms with Crippen molar-refractivity contribution < 1.29 is 56.6 Å². The van der Waals surface area contributed by atoms with Gasteiger partial charge in [-0.3, -0.25) is 53.2 Å². The predicted molar refractivity (Wildman–Crippen MR) is 554 cm³/mol. The van der Waals surface area contributed by atoms with Gasteiger partial charge in [0.25, 0.3) is 0 Å². The molecular formula is C113H176Cl2F2N8O10. The van der Waals surface area contributed by atoms with Gasteiger partial charge in [-0.1, -0.05) is 314 Å². The number of carbonyl (C=O) groups excluding carboxylic acids is 7. The maximum Gasteiger partial charge on any atom is 0.190 e. The molecule has 0 spiro atoms. The Balaban J connectivity index is 0.000000788. The minimum atomic E-state index is -0.622. The van der Waals surface area contributed by atoms with Gasteiger partial charge in [0.1, 0.15) is 23.0 Å². The molecule has 0 saturated heterocycles. The molecule has 0 aliphatic rings. The second kappa shape index (κ2) is 52.1. The second-order valence-corrected chi connectivity index (χ2v) is 52.1. The topological polar surface area (TPSA) is 242 Å². The van der Waals surface area contributed by atoms with Crippen LogP contribution in [0.25, 0.3) is 0 Å². The van der Waals surface area contributed by atoms with Gasteiger partial charge in [-0.05, 0) is 163 Å². The summed E-state index contributed by atoms with van der Waals surface area (Å²) in [5.74, 6) is -0.0746. The molecule has 0 bridgehead atoms. The van der Waals surface area contributed by atoms with Crippen LogP contribution in [-0.4, -0.2) is 100.0 Å². The van der Waals surface area contributed by atoms with Crippen LogP contribution >= 0.6 is 23.2 Å². The largest absolute Gasteiger partial charge is 0.491 e. The van der Waals surface area contributed by atoms with Gasteiger partial charge in [-0.25, -0.2) is 23.7 Å². The van der Waals surface area contributed by atoms with Crippen LogP contribution in [0.2, 0.25) is 10.0 Å². The quantitative estimate of drug-likeness (QED) is 0.0435. The molecule has 0 amide bonds. The highest BCUT2D eigenvalue weighted by Crippen LogP contribution is 2.38. The fourth-order valence-electron chi connectivity index (χ4n) is 12.1. The predicted octanol–water partition coefficient (Wildman–Crippen LogP) is 31.5. The van der Waals surface area contributed by atoms with Crippen LogP contribution in [0.4, 0.5) is 8.78 Å². The molecule has 0 aliphatic heterocycles. The summed E-state index contributed by atoms with van der Waals surface area (Å²) >= 11 is 12.6. The van der Waals surface area contributed by atoms with E-state index in [0.717, 1.165) is 88.3 Å². The van der Waals surface area contributed by atoms with E-state index in [1.165, 1.54) is 42.8 Å². The normalized spacial score (nSPS) is 12.5. The summed E-state index contributed by atoms with van der Waals surface area (Å²) in [6, 6.07) is 8.48. The molecule has 0 unspecified atom stereocenters. The van der Waals surface area contributed by atoms with Crippen molar-refractivity contribution in [2.24, 2.45) is 75.8 Å². The van der Waals surface area contributed by atoms with Gasteiger partial charge in [0.2, 0.25) is 0 Å². The van der Waals surface area contributed by atoms with E-state index in [-0.39, 0.29) is 90.0 Å². The smallest absolute Gasteiger partial charge is 0.190 e. The number of halogens is 4. The zero-order chi connectivity index (χ0) is 105. The van der Waals surface area contributed by atoms with Gasteiger partial charge in [-0.15, -0.1) is 0 Å². The van der Waals surface area contributed by atoms with Gasteiger partial charge in [0, 0.05) is 118 Å². The summed E-state index contributed by atoms with van der Waals surface area (Å²) < 4.78 is 47.2. The minimum absolute atomic E-state index is 0.0128. The molecule has 7 aromatic heterocycles. The third-order valence-electron chi connectivity index (χ3n) is 20.8. The first kappa shape index (κ1) is 125. The van der Waals surface area contributed by atoms with Gasteiger partial charge in [0.15, 0.2) is 63.5 Å². The summed E-state index contributed by atoms with van der Waals surface area (Å²) in [6.45, 7) is 87.4. The van der Waals surface area contributed by atoms with E-state index >= 15 is 0 Å². The van der Waals surface area contributed by atoms with Crippen LogP contribution in [0.3, 0.4) is 0 Å². The SMILES string of the molecule is CC(C)(C)CCCc1cncc(C(=O)C(C)(C)C)c1.CC(C)(C)CCCc1cncc(C(=O)C(C)(C)C)c1Cl.CC(C)(C)CCCc1cncc(C(=O)C(C)(C)C)c1F.CC(C)(C)CCOc1c(Cl)ccnc1C(=O)C(C)(C)C.CC(C)(C)CCOc1c(F)ccnc1C(=O)C(C)(C)C.CC(C)(C)CCOc1cccnc1C(=O)C(C)(C)C.CC(C)(C)CCn1cc(C(=O)C(C)(C)C)cn1. The number of rotatable bonds is 27. The van der Waals surface area contributed by atoms with E-state index in [2.05, 4.69) is 180 Å². The standard InChI is InChI=1S/C17H26ClNO.C17H26FNO.C17H27NO.C16H24ClNO2.C16H24FNO2.C16H25NO2.C14H24N2O/c2*1-16(2,3)9-7-8-12-10-19-11-13(14(12)18)15(20)17(4,5)6;1-16(2,3)9-7-8-13-10-14(12-18-11-13)15(19)17(4,5)6;2*1-15(2,3)8-10-20-13-11(17)7-9-18-12(13)14(19)16(4,5)6;1-15(2,3)9-11-19-12-8-7-10-17-13(12)14(18)16(4,5)6;1-13(2,3)7-8-16-10-11(9-15-16)12(17)14(4,5)6/h2*10-11H,7-9H2,1-6H3;10-12H,7-9H2,1-6H3;2*7,9H,8,10H2,1-6H3;7-8,10H,9,11H2,1-6H3;9-10H,7-8H2,1-6H3. The monoisotopic (exact) mass is 1910 g/mol. The number of nitrogens with zero attached hydrogens (tertiary/aromatic N) is 8. The maximum atomic E-state index is 14.4. The number of aromatic nitrogens is 8. The van der Waals surface area contributed by atoms with Gasteiger partial charge in [0.05, 0.1) is 52.8 Å². The van der Waals surface area contributed by atoms with Crippen LogP contribution in [0, 0.1) is 87.4 Å². The lowest BCUT2D eigenvalue weighted by molar-refractivity contribution is 0.0840. The molecule has 0 aliphatic carbocycles. The summed E-state index contributed by atoms with van der Waals surface area (Å²) in [5.41, 5.74) is 4.04. The highest BCUT2D eigenvalue weighted by Gasteiger charge is 2.35. The maximum absolute atomic E-state index is 14.4. The lowest BCUT2D eigenvalue weighted by atomic mass is 9.86. The minimum Gasteiger partial charge on any atom is -0.491 e. The number of carbonyl (C=O) groups is 7. The first-order valence-electron chi connectivity index (χ1n) is 48.1. The Morgan fingerprint density at radius 2 is 0.696 bits per heavy atom. The van der Waals surface area contributed by atoms with Crippen molar-refractivity contribution in [1.29, 1.82) is 0 Å². The van der Waals surface area contributed by atoms with E-state index in [1.807, 2.05) is 133 Å². The van der Waals surface area contributed by atoms with E-state index in [9.17, 15) is 42.3 Å². The van der Waals surface area contributed by atoms with Crippen molar-refractivity contribution in [3.63, 3.8) is 0 Å². The molecule has 0 aromatic carbocycles. The van der Waals surface area contributed by atoms with E-state index in [0.29, 0.717) is 92.1 Å². The molecule has 135 heavy (non-hydrogen) atoms. The third-order valence-corrected chi connectivity index (χ3v) is 21.5. The van der Waals surface area contributed by atoms with Crippen LogP contribution in [-0.2, 0) is 25.8 Å². The molecule has 18 nitrogen and oxygen atoms in total. The fraction of sp³-hybridized carbons (Fsp3) is 0.646. The summed E-state index contributed by atoms with van der Waals surface area (Å²) in [6.07, 6.45) is 30.4. The first-order valence-corrected chi connectivity index (χ1v) is 48.8. The van der Waals surface area contributed by atoms with Crippen LogP contribution in [0.1, 0.15) is 445 Å². The summed E-state index contributed by atoms with van der Waals surface area (Å²) in [4.78, 5) is 111. The molecule has 756 valence electrons. The van der Waals surface area contributed by atoms with E-state index in [1.54, 1.807) is 84.7 Å². The number of hydrogen-bond donors (Lipinski definition) is 0. The second-order valence-electron chi connectivity index (χ2n) is 51.3. The highest BCUT2D eigenvalue weighted by atomic mass is 35.5. The molecule has 0 atom stereocenters. The van der Waals surface area contributed by atoms with E-state index < -0.39 is 38.7 Å². The van der Waals surface area contributed by atoms with Crippen molar-refractivity contribution in [3.05, 3.63) is 176 Å². The number of ketones is 7. The Bertz CT molecular complexity index is 4750. The van der Waals surface area contributed by atoms with Crippen molar-refractivity contribution in [2.45, 2.75) is 381 Å². The van der Waals surface area contributed by atoms with Crippen LogP contribution in [0.5, 0.6) is 17.2 Å². The zero-order valence-electron chi connectivity index (χ0n) is 91.4. The lowest BCUT2D eigenvalue weighted by Crippen LogP contribution is -2.23. The molecular weight excluding hydrogens is 1740 g/mol. The molecule has 7 heterocycles. The van der Waals surface area contributed by atoms with Gasteiger partial charge in [-0.2, -0.15) is 5.10 Å². The van der Waals surface area contributed by atoms with Gasteiger partial charge >= 0.3 is 0 Å². The molecule has 22 heteroatoms. The first-order chi connectivity index (χ1) is 60.9. The lowest BCUT2D eigenvalue weighted by Gasteiger charge is -2.21. The van der Waals surface area contributed by atoms with Crippen molar-refractivity contribution >= 4 is 63.7 Å². The molecule has 7 aromatic rings. The Labute approximate surface area is 824 Å². The zero-order valence-corrected chi connectivity index (χ0v) is 92.9. The summed E-state index contributed by atoms with van der Waals surface area (Å²) in [7, 11) is 0. The fourth-order valence-corrected chi connectivity index (χ4v) is 12.6. The Morgan fingerprint density at radius 1 is 0.341 bits per heavy atom. The van der Waals surface area contributed by atoms with Crippen molar-refractivity contribution in [2.75, 3.05) is 19.8 Å². The number of Topliss-reactive ketones (excluding diaryl/α,β-unsaturated/α-hetero) is 7. The third kappa shape index (κ3) is 50.2. The summed E-state index contributed by atoms with van der Waals surface area (Å²) in [5, 5.41) is 5.26. The van der Waals surface area contributed by atoms with Crippen molar-refractivity contribution in [1.82, 2.24) is 39.7 Å². The van der Waals surface area contributed by atoms with Crippen molar-refractivity contribution in [3.8, 4) is 17.2 Å². The molecule has 7 rings (SSSR count). The van der Waals surface area contributed by atoms with E-state index in [4.69, 9.17) is 37.4 Å². The Kier molecular flexibility index (Phi) is 48.1. The molecule has 0 fully saturated rings. The number of pyridine rings is 6. The Morgan fingerprint density at radius 3 is 1.13 bits per heavy atom. The molecule has 0 N–H and O–H groups in total. The van der Waals surface area contributed by atoms with Crippen LogP contribution in [0.15, 0.2) is 98.5 Å². The molecule has 0 radical (unpaired) electrons. The molecule has 0 saturated carbocycles. The Hall–Kier alpha value is -8.36. The average molecular weight is 1920 g/mol. The van der Waals surface area contributed by atoms with Gasteiger partial charge < -0.3 is 14.2 Å². The average Bonchev–Trinajstić information content (AvgIpc) is 1.40. The van der Waals surface area contributed by atoms with Crippen LogP contribution < -0.4 is 14.2 Å². The number of ether oxygens (including phenoxy) is 3.